The zero-order chi connectivity index (χ0) is 15.2. The van der Waals surface area contributed by atoms with E-state index < -0.39 is 0 Å². The average molecular weight is 284 g/mol. The van der Waals surface area contributed by atoms with Crippen LogP contribution in [0.5, 0.6) is 0 Å². The van der Waals surface area contributed by atoms with Gasteiger partial charge in [0.25, 0.3) is 0 Å². The Hall–Kier alpha value is -0.610. The predicted molar refractivity (Wildman–Crippen MR) is 82.2 cm³/mol. The van der Waals surface area contributed by atoms with Crippen molar-refractivity contribution in [1.29, 1.82) is 0 Å². The van der Waals surface area contributed by atoms with E-state index in [2.05, 4.69) is 26.1 Å². The first kappa shape index (κ1) is 17.4. The molecule has 1 amide bonds. The maximum atomic E-state index is 12.1. The third-order valence-corrected chi connectivity index (χ3v) is 4.70. The van der Waals surface area contributed by atoms with Gasteiger partial charge in [-0.15, -0.1) is 0 Å². The fourth-order valence-electron chi connectivity index (χ4n) is 3.24. The standard InChI is InChI=1S/C16H32N2O2/c1-16(2,3)13(9-10-17)7-8-15(20)18-14-6-4-5-12(14)11-19/h12-14,19H,4-11,17H2,1-3H3,(H,18,20). The summed E-state index contributed by atoms with van der Waals surface area (Å²) in [6.07, 6.45) is 5.56. The number of rotatable bonds is 7. The van der Waals surface area contributed by atoms with Gasteiger partial charge in [-0.25, -0.2) is 0 Å². The molecule has 4 N–H and O–H groups in total. The molecule has 20 heavy (non-hydrogen) atoms. The molecule has 1 aliphatic rings. The topological polar surface area (TPSA) is 75.4 Å². The molecule has 1 aliphatic carbocycles. The Balaban J connectivity index is 2.38. The highest BCUT2D eigenvalue weighted by Crippen LogP contribution is 2.32. The van der Waals surface area contributed by atoms with E-state index >= 15 is 0 Å². The van der Waals surface area contributed by atoms with Crippen molar-refractivity contribution < 1.29 is 9.90 Å². The number of hydrogen-bond acceptors (Lipinski definition) is 3. The molecule has 4 heteroatoms. The highest BCUT2D eigenvalue weighted by molar-refractivity contribution is 5.76. The monoisotopic (exact) mass is 284 g/mol. The SMILES string of the molecule is CC(C)(C)C(CCN)CCC(=O)NC1CCCC1CO. The molecule has 118 valence electrons. The molecule has 0 radical (unpaired) electrons. The highest BCUT2D eigenvalue weighted by atomic mass is 16.3. The fourth-order valence-corrected chi connectivity index (χ4v) is 3.24. The lowest BCUT2D eigenvalue weighted by atomic mass is 9.76. The molecule has 0 spiro atoms. The van der Waals surface area contributed by atoms with E-state index in [4.69, 9.17) is 5.73 Å². The van der Waals surface area contributed by atoms with Crippen molar-refractivity contribution in [3.05, 3.63) is 0 Å². The van der Waals surface area contributed by atoms with Crippen LogP contribution < -0.4 is 11.1 Å². The third kappa shape index (κ3) is 5.41. The number of amides is 1. The summed E-state index contributed by atoms with van der Waals surface area (Å²) in [5.41, 5.74) is 5.87. The van der Waals surface area contributed by atoms with Crippen LogP contribution in [0.2, 0.25) is 0 Å². The van der Waals surface area contributed by atoms with Crippen molar-refractivity contribution in [3.63, 3.8) is 0 Å². The van der Waals surface area contributed by atoms with Crippen LogP contribution in [-0.4, -0.2) is 30.2 Å². The molecular weight excluding hydrogens is 252 g/mol. The largest absolute Gasteiger partial charge is 0.396 e. The lowest BCUT2D eigenvalue weighted by Crippen LogP contribution is -2.39. The molecule has 0 aromatic heterocycles. The van der Waals surface area contributed by atoms with Crippen LogP contribution in [0.1, 0.15) is 59.3 Å². The molecule has 3 unspecified atom stereocenters. The molecule has 0 aliphatic heterocycles. The number of carbonyl (C=O) groups is 1. The third-order valence-electron chi connectivity index (χ3n) is 4.70. The van der Waals surface area contributed by atoms with Gasteiger partial charge in [-0.1, -0.05) is 27.2 Å². The van der Waals surface area contributed by atoms with E-state index in [0.29, 0.717) is 18.9 Å². The lowest BCUT2D eigenvalue weighted by Gasteiger charge is -2.30. The second-order valence-corrected chi connectivity index (χ2v) is 7.23. The highest BCUT2D eigenvalue weighted by Gasteiger charge is 2.29. The van der Waals surface area contributed by atoms with Crippen molar-refractivity contribution in [2.75, 3.05) is 13.2 Å². The minimum absolute atomic E-state index is 0.127. The van der Waals surface area contributed by atoms with Gasteiger partial charge in [0.15, 0.2) is 0 Å². The normalized spacial score (nSPS) is 24.6. The summed E-state index contributed by atoms with van der Waals surface area (Å²) in [6, 6.07) is 0.176. The molecule has 3 atom stereocenters. The number of aliphatic hydroxyl groups excluding tert-OH is 1. The van der Waals surface area contributed by atoms with Gasteiger partial charge in [-0.2, -0.15) is 0 Å². The van der Waals surface area contributed by atoms with Gasteiger partial charge < -0.3 is 16.2 Å². The second-order valence-electron chi connectivity index (χ2n) is 7.23. The zero-order valence-corrected chi connectivity index (χ0v) is 13.3. The molecule has 0 bridgehead atoms. The molecule has 4 nitrogen and oxygen atoms in total. The number of nitrogens with one attached hydrogen (secondary N) is 1. The molecule has 0 saturated heterocycles. The van der Waals surface area contributed by atoms with Gasteiger partial charge in [0.05, 0.1) is 0 Å². The molecular formula is C16H32N2O2. The second kappa shape index (κ2) is 7.99. The Labute approximate surface area is 123 Å². The van der Waals surface area contributed by atoms with Crippen LogP contribution in [0, 0.1) is 17.3 Å². The van der Waals surface area contributed by atoms with E-state index in [1.807, 2.05) is 0 Å². The number of hydrogen-bond donors (Lipinski definition) is 3. The maximum absolute atomic E-state index is 12.1. The Morgan fingerprint density at radius 3 is 2.60 bits per heavy atom. The number of nitrogens with two attached hydrogens (primary N) is 1. The molecule has 1 fully saturated rings. The maximum Gasteiger partial charge on any atom is 0.220 e. The van der Waals surface area contributed by atoms with Crippen LogP contribution in [-0.2, 0) is 4.79 Å². The van der Waals surface area contributed by atoms with Gasteiger partial charge in [0.2, 0.25) is 5.91 Å². The van der Waals surface area contributed by atoms with Crippen molar-refractivity contribution in [2.24, 2.45) is 23.0 Å². The summed E-state index contributed by atoms with van der Waals surface area (Å²) in [5, 5.41) is 12.4. The quantitative estimate of drug-likeness (QED) is 0.670. The van der Waals surface area contributed by atoms with Gasteiger partial charge in [-0.05, 0) is 43.6 Å². The van der Waals surface area contributed by atoms with Gasteiger partial charge in [-0.3, -0.25) is 4.79 Å². The van der Waals surface area contributed by atoms with Crippen LogP contribution in [0.25, 0.3) is 0 Å². The Morgan fingerprint density at radius 2 is 2.05 bits per heavy atom. The fraction of sp³-hybridized carbons (Fsp3) is 0.938. The van der Waals surface area contributed by atoms with Gasteiger partial charge in [0.1, 0.15) is 0 Å². The van der Waals surface area contributed by atoms with Crippen molar-refractivity contribution >= 4 is 5.91 Å². The molecule has 1 saturated carbocycles. The minimum atomic E-state index is 0.127. The summed E-state index contributed by atoms with van der Waals surface area (Å²) in [6.45, 7) is 7.50. The summed E-state index contributed by atoms with van der Waals surface area (Å²) >= 11 is 0. The summed E-state index contributed by atoms with van der Waals surface area (Å²) < 4.78 is 0. The van der Waals surface area contributed by atoms with Crippen molar-refractivity contribution in [1.82, 2.24) is 5.32 Å². The first-order valence-electron chi connectivity index (χ1n) is 7.98. The van der Waals surface area contributed by atoms with E-state index in [9.17, 15) is 9.90 Å². The van der Waals surface area contributed by atoms with Crippen LogP contribution in [0.4, 0.5) is 0 Å². The first-order chi connectivity index (χ1) is 9.38. The predicted octanol–water partition coefficient (Wildman–Crippen LogP) is 2.05. The van der Waals surface area contributed by atoms with Crippen molar-refractivity contribution in [3.8, 4) is 0 Å². The van der Waals surface area contributed by atoms with Crippen molar-refractivity contribution in [2.45, 2.75) is 65.3 Å². The smallest absolute Gasteiger partial charge is 0.220 e. The van der Waals surface area contributed by atoms with E-state index in [1.165, 1.54) is 0 Å². The molecule has 1 rings (SSSR count). The molecule has 0 heterocycles. The summed E-state index contributed by atoms with van der Waals surface area (Å²) in [4.78, 5) is 12.1. The van der Waals surface area contributed by atoms with E-state index in [1.54, 1.807) is 0 Å². The minimum Gasteiger partial charge on any atom is -0.396 e. The van der Waals surface area contributed by atoms with Gasteiger partial charge in [0, 0.05) is 25.0 Å². The Morgan fingerprint density at radius 1 is 1.35 bits per heavy atom. The summed E-state index contributed by atoms with van der Waals surface area (Å²) in [7, 11) is 0. The van der Waals surface area contributed by atoms with E-state index in [-0.39, 0.29) is 29.9 Å². The molecule has 0 aromatic rings. The van der Waals surface area contributed by atoms with E-state index in [0.717, 1.165) is 32.1 Å². The average Bonchev–Trinajstić information content (AvgIpc) is 2.80. The number of aliphatic hydroxyl groups is 1. The summed E-state index contributed by atoms with van der Waals surface area (Å²) in [5.74, 6) is 0.860. The van der Waals surface area contributed by atoms with Crippen LogP contribution in [0.3, 0.4) is 0 Å². The van der Waals surface area contributed by atoms with Crippen LogP contribution in [0.15, 0.2) is 0 Å². The Kier molecular flexibility index (Phi) is 6.96. The lowest BCUT2D eigenvalue weighted by molar-refractivity contribution is -0.122. The van der Waals surface area contributed by atoms with Gasteiger partial charge >= 0.3 is 0 Å². The van der Waals surface area contributed by atoms with Crippen LogP contribution >= 0.6 is 0 Å². The number of carbonyl (C=O) groups excluding carboxylic acids is 1. The first-order valence-corrected chi connectivity index (χ1v) is 7.98. The molecule has 0 aromatic carbocycles. The zero-order valence-electron chi connectivity index (χ0n) is 13.3. The Bertz CT molecular complexity index is 299.